The predicted molar refractivity (Wildman–Crippen MR) is 76.8 cm³/mol. The molecular formula is C13H17N5O4. The number of nitrogens with zero attached hydrogens (tertiary/aromatic N) is 3. The Labute approximate surface area is 125 Å². The molecule has 4 rings (SSSR count). The standard InChI is InChI=1S/C13H17N5O4/c14-13-15-11-10-6(1-2-21-17-11)4-18(12(10)16-13)9-3-7(20)8(5-19)22-9/h4,7-9,19-20H,1-3,5H2,(H3,14,15,16,17)/t7-,8+,9+/m0/s1. The molecule has 2 aliphatic rings. The van der Waals surface area contributed by atoms with E-state index in [0.29, 0.717) is 30.9 Å². The van der Waals surface area contributed by atoms with E-state index in [9.17, 15) is 10.2 Å². The van der Waals surface area contributed by atoms with Crippen LogP contribution < -0.4 is 11.2 Å². The van der Waals surface area contributed by atoms with Gasteiger partial charge in [0.15, 0.2) is 5.82 Å². The molecule has 2 aromatic rings. The molecule has 2 aromatic heterocycles. The Hall–Kier alpha value is -1.94. The highest BCUT2D eigenvalue weighted by Crippen LogP contribution is 2.36. The van der Waals surface area contributed by atoms with Crippen LogP contribution >= 0.6 is 0 Å². The summed E-state index contributed by atoms with van der Waals surface area (Å²) in [5.74, 6) is 0.662. The van der Waals surface area contributed by atoms with Crippen molar-refractivity contribution in [3.05, 3.63) is 11.8 Å². The van der Waals surface area contributed by atoms with Crippen LogP contribution in [0.15, 0.2) is 6.20 Å². The molecule has 0 aromatic carbocycles. The number of aliphatic hydroxyl groups is 2. The third-order valence-corrected chi connectivity index (χ3v) is 4.10. The van der Waals surface area contributed by atoms with E-state index >= 15 is 0 Å². The van der Waals surface area contributed by atoms with E-state index in [1.807, 2.05) is 10.8 Å². The molecule has 0 unspecified atom stereocenters. The molecule has 0 amide bonds. The van der Waals surface area contributed by atoms with Crippen LogP contribution in [0.25, 0.3) is 11.0 Å². The summed E-state index contributed by atoms with van der Waals surface area (Å²) in [5.41, 5.74) is 10.2. The molecule has 22 heavy (non-hydrogen) atoms. The van der Waals surface area contributed by atoms with Crippen molar-refractivity contribution < 1.29 is 19.8 Å². The Kier molecular flexibility index (Phi) is 3.15. The molecule has 1 saturated heterocycles. The Balaban J connectivity index is 1.84. The summed E-state index contributed by atoms with van der Waals surface area (Å²) in [4.78, 5) is 13.8. The van der Waals surface area contributed by atoms with Gasteiger partial charge in [0.2, 0.25) is 5.95 Å². The lowest BCUT2D eigenvalue weighted by molar-refractivity contribution is -0.0430. The Morgan fingerprint density at radius 3 is 3.09 bits per heavy atom. The number of ether oxygens (including phenoxy) is 1. The number of nitrogens with two attached hydrogens (primary N) is 1. The average Bonchev–Trinajstić information content (AvgIpc) is 2.96. The molecule has 9 heteroatoms. The highest BCUT2D eigenvalue weighted by molar-refractivity contribution is 5.92. The van der Waals surface area contributed by atoms with Crippen molar-refractivity contribution >= 4 is 22.8 Å². The third-order valence-electron chi connectivity index (χ3n) is 4.10. The number of hydrogen-bond donors (Lipinski definition) is 4. The molecule has 3 atom stereocenters. The fourth-order valence-electron chi connectivity index (χ4n) is 3.06. The van der Waals surface area contributed by atoms with Gasteiger partial charge >= 0.3 is 0 Å². The molecule has 0 saturated carbocycles. The Morgan fingerprint density at radius 2 is 2.32 bits per heavy atom. The fourth-order valence-corrected chi connectivity index (χ4v) is 3.06. The van der Waals surface area contributed by atoms with Crippen molar-refractivity contribution in [1.82, 2.24) is 14.5 Å². The van der Waals surface area contributed by atoms with Gasteiger partial charge in [0.25, 0.3) is 0 Å². The number of hydrogen-bond acceptors (Lipinski definition) is 8. The average molecular weight is 307 g/mol. The van der Waals surface area contributed by atoms with Crippen LogP contribution in [-0.4, -0.2) is 50.2 Å². The minimum Gasteiger partial charge on any atom is -0.394 e. The van der Waals surface area contributed by atoms with E-state index in [1.54, 1.807) is 0 Å². The van der Waals surface area contributed by atoms with E-state index < -0.39 is 18.4 Å². The van der Waals surface area contributed by atoms with Crippen LogP contribution in [0.3, 0.4) is 0 Å². The first-order valence-corrected chi connectivity index (χ1v) is 7.16. The van der Waals surface area contributed by atoms with E-state index in [-0.39, 0.29) is 12.6 Å². The maximum absolute atomic E-state index is 9.94. The first kappa shape index (κ1) is 13.7. The molecule has 5 N–H and O–H groups in total. The smallest absolute Gasteiger partial charge is 0.224 e. The van der Waals surface area contributed by atoms with Crippen molar-refractivity contribution in [2.45, 2.75) is 31.3 Å². The van der Waals surface area contributed by atoms with Crippen molar-refractivity contribution in [1.29, 1.82) is 0 Å². The van der Waals surface area contributed by atoms with Crippen LogP contribution in [-0.2, 0) is 16.0 Å². The number of nitrogen functional groups attached to an aromatic ring is 1. The van der Waals surface area contributed by atoms with Gasteiger partial charge < -0.3 is 25.3 Å². The van der Waals surface area contributed by atoms with Gasteiger partial charge in [-0.3, -0.25) is 4.84 Å². The SMILES string of the molecule is Nc1nc2c3c(cn([C@H]4C[C@H](O)[C@@H](CO)O4)c3n1)CCON2. The number of aromatic nitrogens is 3. The van der Waals surface area contributed by atoms with Gasteiger partial charge in [-0.05, 0) is 5.56 Å². The van der Waals surface area contributed by atoms with E-state index in [4.69, 9.17) is 15.3 Å². The molecule has 0 radical (unpaired) electrons. The molecular weight excluding hydrogens is 290 g/mol. The Morgan fingerprint density at radius 1 is 1.45 bits per heavy atom. The summed E-state index contributed by atoms with van der Waals surface area (Å²) in [5, 5.41) is 20.0. The van der Waals surface area contributed by atoms with Crippen LogP contribution in [0.1, 0.15) is 18.2 Å². The van der Waals surface area contributed by atoms with Crippen LogP contribution in [0, 0.1) is 0 Å². The lowest BCUT2D eigenvalue weighted by atomic mass is 10.2. The molecule has 0 bridgehead atoms. The van der Waals surface area contributed by atoms with Gasteiger partial charge in [-0.1, -0.05) is 0 Å². The van der Waals surface area contributed by atoms with Crippen LogP contribution in [0.4, 0.5) is 11.8 Å². The minimum absolute atomic E-state index is 0.128. The molecule has 9 nitrogen and oxygen atoms in total. The second-order valence-corrected chi connectivity index (χ2v) is 5.51. The largest absolute Gasteiger partial charge is 0.394 e. The summed E-state index contributed by atoms with van der Waals surface area (Å²) in [6.07, 6.45) is 1.33. The molecule has 118 valence electrons. The van der Waals surface area contributed by atoms with Crippen LogP contribution in [0.2, 0.25) is 0 Å². The van der Waals surface area contributed by atoms with E-state index in [0.717, 1.165) is 10.9 Å². The lowest BCUT2D eigenvalue weighted by Gasteiger charge is -2.15. The fraction of sp³-hybridized carbons (Fsp3) is 0.538. The van der Waals surface area contributed by atoms with E-state index in [1.165, 1.54) is 0 Å². The number of rotatable bonds is 2. The second kappa shape index (κ2) is 5.06. The van der Waals surface area contributed by atoms with Gasteiger partial charge in [0.1, 0.15) is 18.0 Å². The normalized spacial score (nSPS) is 27.8. The lowest BCUT2D eigenvalue weighted by Crippen LogP contribution is -2.24. The summed E-state index contributed by atoms with van der Waals surface area (Å²) >= 11 is 0. The zero-order valence-corrected chi connectivity index (χ0v) is 11.8. The molecule has 0 aliphatic carbocycles. The number of nitrogens with one attached hydrogen (secondary N) is 1. The van der Waals surface area contributed by atoms with Gasteiger partial charge in [-0.25, -0.2) is 5.48 Å². The number of anilines is 2. The van der Waals surface area contributed by atoms with Gasteiger partial charge in [-0.15, -0.1) is 0 Å². The highest BCUT2D eigenvalue weighted by atomic mass is 16.6. The summed E-state index contributed by atoms with van der Waals surface area (Å²) in [6.45, 7) is 0.282. The topological polar surface area (TPSA) is 128 Å². The van der Waals surface area contributed by atoms with Gasteiger partial charge in [0.05, 0.1) is 24.7 Å². The summed E-state index contributed by atoms with van der Waals surface area (Å²) in [7, 11) is 0. The quantitative estimate of drug-likeness (QED) is 0.587. The molecule has 0 spiro atoms. The monoisotopic (exact) mass is 307 g/mol. The zero-order valence-electron chi connectivity index (χ0n) is 11.8. The predicted octanol–water partition coefficient (Wildman–Crippen LogP) is -0.446. The zero-order chi connectivity index (χ0) is 15.3. The second-order valence-electron chi connectivity index (χ2n) is 5.51. The number of aliphatic hydroxyl groups excluding tert-OH is 2. The first-order chi connectivity index (χ1) is 10.7. The third kappa shape index (κ3) is 2.02. The van der Waals surface area contributed by atoms with Gasteiger partial charge in [0, 0.05) is 19.0 Å². The Bertz CT molecular complexity index is 718. The highest BCUT2D eigenvalue weighted by Gasteiger charge is 2.36. The first-order valence-electron chi connectivity index (χ1n) is 7.16. The van der Waals surface area contributed by atoms with Crippen molar-refractivity contribution in [2.75, 3.05) is 24.4 Å². The van der Waals surface area contributed by atoms with Crippen molar-refractivity contribution in [3.63, 3.8) is 0 Å². The van der Waals surface area contributed by atoms with Crippen molar-refractivity contribution in [2.24, 2.45) is 0 Å². The summed E-state index contributed by atoms with van der Waals surface area (Å²) < 4.78 is 7.56. The molecule has 4 heterocycles. The van der Waals surface area contributed by atoms with Crippen LogP contribution in [0.5, 0.6) is 0 Å². The summed E-state index contributed by atoms with van der Waals surface area (Å²) in [6, 6.07) is 0. The van der Waals surface area contributed by atoms with Crippen molar-refractivity contribution in [3.8, 4) is 0 Å². The molecule has 2 aliphatic heterocycles. The van der Waals surface area contributed by atoms with E-state index in [2.05, 4.69) is 15.4 Å². The van der Waals surface area contributed by atoms with Gasteiger partial charge in [-0.2, -0.15) is 9.97 Å². The molecule has 1 fully saturated rings. The minimum atomic E-state index is -0.705. The maximum Gasteiger partial charge on any atom is 0.224 e. The maximum atomic E-state index is 9.94.